The summed E-state index contributed by atoms with van der Waals surface area (Å²) in [6, 6.07) is 16.5. The first-order valence-electron chi connectivity index (χ1n) is 8.45. The van der Waals surface area contributed by atoms with Crippen LogP contribution in [0.5, 0.6) is 0 Å². The molecule has 2 aromatic rings. The van der Waals surface area contributed by atoms with E-state index in [4.69, 9.17) is 0 Å². The summed E-state index contributed by atoms with van der Waals surface area (Å²) in [6.07, 6.45) is 1.84. The number of likely N-dealkylation sites (tertiary alicyclic amines) is 1. The van der Waals surface area contributed by atoms with Crippen molar-refractivity contribution < 1.29 is 4.79 Å². The van der Waals surface area contributed by atoms with Gasteiger partial charge in [-0.2, -0.15) is 0 Å². The van der Waals surface area contributed by atoms with E-state index in [1.165, 1.54) is 5.56 Å². The molecule has 126 valence electrons. The molecule has 0 aromatic heterocycles. The number of aryl methyl sites for hydroxylation is 1. The average Bonchev–Trinajstić information content (AvgIpc) is 2.60. The van der Waals surface area contributed by atoms with Crippen LogP contribution in [0.2, 0.25) is 0 Å². The number of hydrogen-bond acceptors (Lipinski definition) is 2. The van der Waals surface area contributed by atoms with Gasteiger partial charge in [-0.15, -0.1) is 0 Å². The minimum absolute atomic E-state index is 0.101. The second-order valence-corrected chi connectivity index (χ2v) is 7.36. The van der Waals surface area contributed by atoms with Gasteiger partial charge in [0.25, 0.3) is 0 Å². The van der Waals surface area contributed by atoms with E-state index in [0.717, 1.165) is 48.2 Å². The number of carbonyl (C=O) groups excluding carboxylic acids is 1. The van der Waals surface area contributed by atoms with Gasteiger partial charge in [-0.1, -0.05) is 36.4 Å². The molecule has 0 aliphatic carbocycles. The van der Waals surface area contributed by atoms with Crippen LogP contribution in [0.1, 0.15) is 24.0 Å². The van der Waals surface area contributed by atoms with E-state index in [1.807, 2.05) is 31.2 Å². The summed E-state index contributed by atoms with van der Waals surface area (Å²) in [4.78, 5) is 15.0. The maximum absolute atomic E-state index is 12.5. The summed E-state index contributed by atoms with van der Waals surface area (Å²) < 4.78 is 0.933. The van der Waals surface area contributed by atoms with E-state index in [-0.39, 0.29) is 11.8 Å². The van der Waals surface area contributed by atoms with Crippen molar-refractivity contribution in [3.8, 4) is 0 Å². The molecule has 0 saturated carbocycles. The second kappa shape index (κ2) is 7.95. The van der Waals surface area contributed by atoms with Crippen LogP contribution in [-0.2, 0) is 11.3 Å². The predicted molar refractivity (Wildman–Crippen MR) is 102 cm³/mol. The first kappa shape index (κ1) is 17.2. The Balaban J connectivity index is 1.52. The monoisotopic (exact) mass is 386 g/mol. The second-order valence-electron chi connectivity index (χ2n) is 6.51. The van der Waals surface area contributed by atoms with Gasteiger partial charge in [0.05, 0.1) is 5.69 Å². The highest BCUT2D eigenvalue weighted by Gasteiger charge is 2.25. The molecular weight excluding hydrogens is 364 g/mol. The van der Waals surface area contributed by atoms with Gasteiger partial charge >= 0.3 is 0 Å². The number of amides is 1. The zero-order chi connectivity index (χ0) is 16.9. The van der Waals surface area contributed by atoms with Crippen LogP contribution >= 0.6 is 15.9 Å². The Morgan fingerprint density at radius 2 is 1.88 bits per heavy atom. The summed E-state index contributed by atoms with van der Waals surface area (Å²) in [5, 5.41) is 3.08. The lowest BCUT2D eigenvalue weighted by atomic mass is 9.95. The molecule has 0 spiro atoms. The molecule has 1 heterocycles. The van der Waals surface area contributed by atoms with Crippen LogP contribution in [0.4, 0.5) is 5.69 Å². The summed E-state index contributed by atoms with van der Waals surface area (Å²) in [5.74, 6) is 0.241. The molecule has 0 radical (unpaired) electrons. The molecule has 3 nitrogen and oxygen atoms in total. The Kier molecular flexibility index (Phi) is 5.69. The van der Waals surface area contributed by atoms with Crippen LogP contribution in [0.15, 0.2) is 53.0 Å². The molecule has 0 atom stereocenters. The van der Waals surface area contributed by atoms with Crippen LogP contribution in [0.3, 0.4) is 0 Å². The van der Waals surface area contributed by atoms with Gasteiger partial charge in [0, 0.05) is 16.9 Å². The fourth-order valence-corrected chi connectivity index (χ4v) is 3.51. The number of nitrogens with one attached hydrogen (secondary N) is 1. The third-order valence-corrected chi connectivity index (χ3v) is 5.28. The summed E-state index contributed by atoms with van der Waals surface area (Å²) in [6.45, 7) is 4.95. The molecule has 4 heteroatoms. The van der Waals surface area contributed by atoms with Crippen molar-refractivity contribution in [3.05, 3.63) is 64.1 Å². The van der Waals surface area contributed by atoms with Crippen LogP contribution in [-0.4, -0.2) is 23.9 Å². The maximum Gasteiger partial charge on any atom is 0.227 e. The number of halogens is 1. The Labute approximate surface area is 152 Å². The standard InChI is InChI=1S/C20H23BrN2O/c1-15-7-8-18(21)19(13-15)22-20(24)17-9-11-23(12-10-17)14-16-5-3-2-4-6-16/h2-8,13,17H,9-12,14H2,1H3,(H,22,24). The maximum atomic E-state index is 12.5. The molecule has 1 aliphatic rings. The molecule has 2 aromatic carbocycles. The molecule has 3 rings (SSSR count). The quantitative estimate of drug-likeness (QED) is 0.831. The largest absolute Gasteiger partial charge is 0.325 e. The Morgan fingerprint density at radius 1 is 1.17 bits per heavy atom. The van der Waals surface area contributed by atoms with Crippen LogP contribution in [0.25, 0.3) is 0 Å². The van der Waals surface area contributed by atoms with Gasteiger partial charge in [0.1, 0.15) is 0 Å². The first-order chi connectivity index (χ1) is 11.6. The Bertz CT molecular complexity index is 694. The first-order valence-corrected chi connectivity index (χ1v) is 9.24. The van der Waals surface area contributed by atoms with E-state index in [2.05, 4.69) is 50.4 Å². The lowest BCUT2D eigenvalue weighted by molar-refractivity contribution is -0.121. The van der Waals surface area contributed by atoms with Gasteiger partial charge in [-0.3, -0.25) is 9.69 Å². The Morgan fingerprint density at radius 3 is 2.58 bits per heavy atom. The number of rotatable bonds is 4. The fraction of sp³-hybridized carbons (Fsp3) is 0.350. The predicted octanol–water partition coefficient (Wildman–Crippen LogP) is 4.61. The van der Waals surface area contributed by atoms with E-state index in [1.54, 1.807) is 0 Å². The number of benzene rings is 2. The third kappa shape index (κ3) is 4.46. The number of nitrogens with zero attached hydrogens (tertiary/aromatic N) is 1. The molecule has 1 aliphatic heterocycles. The molecule has 1 saturated heterocycles. The van der Waals surface area contributed by atoms with Gasteiger partial charge in [0.2, 0.25) is 5.91 Å². The van der Waals surface area contributed by atoms with E-state index >= 15 is 0 Å². The number of hydrogen-bond donors (Lipinski definition) is 1. The molecule has 0 bridgehead atoms. The van der Waals surface area contributed by atoms with Crippen LogP contribution < -0.4 is 5.32 Å². The van der Waals surface area contributed by atoms with Crippen molar-refractivity contribution in [1.82, 2.24) is 4.90 Å². The topological polar surface area (TPSA) is 32.3 Å². The SMILES string of the molecule is Cc1ccc(Br)c(NC(=O)C2CCN(Cc3ccccc3)CC2)c1. The smallest absolute Gasteiger partial charge is 0.227 e. The fourth-order valence-electron chi connectivity index (χ4n) is 3.16. The summed E-state index contributed by atoms with van der Waals surface area (Å²) in [5.41, 5.74) is 3.35. The zero-order valence-corrected chi connectivity index (χ0v) is 15.6. The molecule has 24 heavy (non-hydrogen) atoms. The van der Waals surface area contributed by atoms with Crippen molar-refractivity contribution >= 4 is 27.5 Å². The summed E-state index contributed by atoms with van der Waals surface area (Å²) >= 11 is 3.51. The normalized spacial score (nSPS) is 16.1. The van der Waals surface area contributed by atoms with Gasteiger partial charge in [0.15, 0.2) is 0 Å². The molecule has 1 fully saturated rings. The number of anilines is 1. The van der Waals surface area contributed by atoms with Gasteiger partial charge < -0.3 is 5.32 Å². The lowest BCUT2D eigenvalue weighted by Gasteiger charge is -2.31. The molecule has 1 N–H and O–H groups in total. The highest BCUT2D eigenvalue weighted by Crippen LogP contribution is 2.26. The van der Waals surface area contributed by atoms with Crippen molar-refractivity contribution in [2.24, 2.45) is 5.92 Å². The zero-order valence-electron chi connectivity index (χ0n) is 14.0. The number of piperidine rings is 1. The molecule has 0 unspecified atom stereocenters. The van der Waals surface area contributed by atoms with Crippen molar-refractivity contribution in [2.45, 2.75) is 26.3 Å². The lowest BCUT2D eigenvalue weighted by Crippen LogP contribution is -2.37. The van der Waals surface area contributed by atoms with Crippen molar-refractivity contribution in [2.75, 3.05) is 18.4 Å². The molecular formula is C20H23BrN2O. The van der Waals surface area contributed by atoms with Gasteiger partial charge in [-0.05, 0) is 72.0 Å². The van der Waals surface area contributed by atoms with Crippen molar-refractivity contribution in [1.29, 1.82) is 0 Å². The highest BCUT2D eigenvalue weighted by atomic mass is 79.9. The minimum atomic E-state index is 0.101. The van der Waals surface area contributed by atoms with Crippen molar-refractivity contribution in [3.63, 3.8) is 0 Å². The third-order valence-electron chi connectivity index (χ3n) is 4.59. The van der Waals surface area contributed by atoms with E-state index in [9.17, 15) is 4.79 Å². The van der Waals surface area contributed by atoms with E-state index in [0.29, 0.717) is 0 Å². The van der Waals surface area contributed by atoms with E-state index < -0.39 is 0 Å². The van der Waals surface area contributed by atoms with Gasteiger partial charge in [-0.25, -0.2) is 0 Å². The Hall–Kier alpha value is -1.65. The van der Waals surface area contributed by atoms with Crippen LogP contribution in [0, 0.1) is 12.8 Å². The highest BCUT2D eigenvalue weighted by molar-refractivity contribution is 9.10. The average molecular weight is 387 g/mol. The number of carbonyl (C=O) groups is 1. The minimum Gasteiger partial charge on any atom is -0.325 e. The molecule has 1 amide bonds. The summed E-state index contributed by atoms with van der Waals surface area (Å²) in [7, 11) is 0.